The van der Waals surface area contributed by atoms with Crippen molar-refractivity contribution in [3.05, 3.63) is 46.5 Å². The Hall–Kier alpha value is -1.79. The van der Waals surface area contributed by atoms with E-state index in [0.29, 0.717) is 13.1 Å². The quantitative estimate of drug-likeness (QED) is 0.893. The number of nitrogens with zero attached hydrogens (tertiary/aromatic N) is 2. The van der Waals surface area contributed by atoms with Gasteiger partial charge in [-0.05, 0) is 48.6 Å². The lowest BCUT2D eigenvalue weighted by atomic mass is 10.2. The summed E-state index contributed by atoms with van der Waals surface area (Å²) >= 11 is 1.64. The van der Waals surface area contributed by atoms with E-state index in [4.69, 9.17) is 4.42 Å². The summed E-state index contributed by atoms with van der Waals surface area (Å²) in [5.41, 5.74) is 1.15. The molecule has 2 amide bonds. The molecule has 1 atom stereocenters. The average Bonchev–Trinajstić information content (AvgIpc) is 3.11. The number of nitrogens with one attached hydrogen (secondary N) is 1. The molecule has 2 aromatic heterocycles. The highest BCUT2D eigenvalue weighted by Gasteiger charge is 2.19. The zero-order chi connectivity index (χ0) is 15.2. The first-order valence-electron chi connectivity index (χ1n) is 6.78. The standard InChI is InChI=1S/C15H21N3O2S/c1-17(2)13(14-5-4-7-20-14)9-16-15(19)18(3)10-12-6-8-21-11-12/h4-8,11,13H,9-10H2,1-3H3,(H,16,19)/t13-/m1/s1. The Morgan fingerprint density at radius 3 is 2.76 bits per heavy atom. The predicted molar refractivity (Wildman–Crippen MR) is 84.3 cm³/mol. The van der Waals surface area contributed by atoms with E-state index in [2.05, 4.69) is 10.7 Å². The molecule has 0 saturated carbocycles. The van der Waals surface area contributed by atoms with Gasteiger partial charge >= 0.3 is 6.03 Å². The molecule has 2 heterocycles. The third-order valence-corrected chi connectivity index (χ3v) is 4.02. The van der Waals surface area contributed by atoms with Gasteiger partial charge < -0.3 is 14.6 Å². The average molecular weight is 307 g/mol. The molecule has 0 bridgehead atoms. The summed E-state index contributed by atoms with van der Waals surface area (Å²) in [5, 5.41) is 7.02. The second kappa shape index (κ2) is 7.28. The summed E-state index contributed by atoms with van der Waals surface area (Å²) in [4.78, 5) is 15.8. The van der Waals surface area contributed by atoms with E-state index in [9.17, 15) is 4.79 Å². The van der Waals surface area contributed by atoms with Crippen molar-refractivity contribution >= 4 is 17.4 Å². The van der Waals surface area contributed by atoms with Crippen LogP contribution in [-0.2, 0) is 6.54 Å². The fourth-order valence-electron chi connectivity index (χ4n) is 2.07. The van der Waals surface area contributed by atoms with E-state index in [1.165, 1.54) is 0 Å². The lowest BCUT2D eigenvalue weighted by molar-refractivity contribution is 0.197. The number of hydrogen-bond acceptors (Lipinski definition) is 4. The van der Waals surface area contributed by atoms with Crippen LogP contribution in [0.1, 0.15) is 17.4 Å². The minimum atomic E-state index is -0.0837. The Morgan fingerprint density at radius 2 is 2.19 bits per heavy atom. The smallest absolute Gasteiger partial charge is 0.317 e. The van der Waals surface area contributed by atoms with Gasteiger partial charge in [0.15, 0.2) is 0 Å². The van der Waals surface area contributed by atoms with Crippen LogP contribution in [0.2, 0.25) is 0 Å². The number of thiophene rings is 1. The Bertz CT molecular complexity index is 537. The van der Waals surface area contributed by atoms with Gasteiger partial charge in [0.2, 0.25) is 0 Å². The van der Waals surface area contributed by atoms with Gasteiger partial charge in [0, 0.05) is 20.1 Å². The Morgan fingerprint density at radius 1 is 1.38 bits per heavy atom. The normalized spacial score (nSPS) is 12.4. The minimum absolute atomic E-state index is 0.0264. The van der Waals surface area contributed by atoms with Crippen molar-refractivity contribution in [1.82, 2.24) is 15.1 Å². The molecule has 6 heteroatoms. The number of carbonyl (C=O) groups excluding carboxylic acids is 1. The molecule has 0 fully saturated rings. The molecule has 0 unspecified atom stereocenters. The maximum absolute atomic E-state index is 12.1. The van der Waals surface area contributed by atoms with Crippen LogP contribution in [0, 0.1) is 0 Å². The number of likely N-dealkylation sites (N-methyl/N-ethyl adjacent to an activating group) is 1. The molecule has 0 aliphatic rings. The third-order valence-electron chi connectivity index (χ3n) is 3.29. The summed E-state index contributed by atoms with van der Waals surface area (Å²) < 4.78 is 5.43. The lowest BCUT2D eigenvalue weighted by Gasteiger charge is -2.24. The number of rotatable bonds is 6. The van der Waals surface area contributed by atoms with Gasteiger partial charge in [-0.3, -0.25) is 4.90 Å². The molecule has 0 saturated heterocycles. The van der Waals surface area contributed by atoms with Crippen LogP contribution in [0.3, 0.4) is 0 Å². The Balaban J connectivity index is 1.87. The molecule has 5 nitrogen and oxygen atoms in total. The predicted octanol–water partition coefficient (Wildman–Crippen LogP) is 2.79. The Labute approximate surface area is 129 Å². The van der Waals surface area contributed by atoms with Gasteiger partial charge in [0.05, 0.1) is 12.3 Å². The highest BCUT2D eigenvalue weighted by Crippen LogP contribution is 2.17. The van der Waals surface area contributed by atoms with Crippen LogP contribution in [0.25, 0.3) is 0 Å². The lowest BCUT2D eigenvalue weighted by Crippen LogP contribution is -2.41. The summed E-state index contributed by atoms with van der Waals surface area (Å²) in [6.45, 7) is 1.12. The van der Waals surface area contributed by atoms with Crippen LogP contribution in [0.5, 0.6) is 0 Å². The van der Waals surface area contributed by atoms with Crippen LogP contribution in [0.15, 0.2) is 39.6 Å². The number of carbonyl (C=O) groups is 1. The molecule has 0 aliphatic carbocycles. The summed E-state index contributed by atoms with van der Waals surface area (Å²) in [5.74, 6) is 0.848. The van der Waals surface area contributed by atoms with Gasteiger partial charge in [0.1, 0.15) is 5.76 Å². The number of furan rings is 1. The van der Waals surface area contributed by atoms with Gasteiger partial charge in [-0.25, -0.2) is 4.79 Å². The van der Waals surface area contributed by atoms with Crippen LogP contribution in [-0.4, -0.2) is 43.5 Å². The molecule has 0 spiro atoms. The van der Waals surface area contributed by atoms with Gasteiger partial charge in [0.25, 0.3) is 0 Å². The van der Waals surface area contributed by atoms with Gasteiger partial charge in [-0.2, -0.15) is 11.3 Å². The van der Waals surface area contributed by atoms with E-state index in [1.54, 1.807) is 29.5 Å². The van der Waals surface area contributed by atoms with Gasteiger partial charge in [-0.1, -0.05) is 0 Å². The first-order chi connectivity index (χ1) is 10.1. The van der Waals surface area contributed by atoms with Crippen LogP contribution < -0.4 is 5.32 Å². The van der Waals surface area contributed by atoms with E-state index >= 15 is 0 Å². The molecule has 0 aromatic carbocycles. The maximum atomic E-state index is 12.1. The van der Waals surface area contributed by atoms with Crippen molar-refractivity contribution in [1.29, 1.82) is 0 Å². The number of hydrogen-bond donors (Lipinski definition) is 1. The molecular weight excluding hydrogens is 286 g/mol. The van der Waals surface area contributed by atoms with Crippen molar-refractivity contribution in [2.75, 3.05) is 27.7 Å². The molecule has 0 aliphatic heterocycles. The first kappa shape index (κ1) is 15.6. The third kappa shape index (κ3) is 4.34. The molecule has 21 heavy (non-hydrogen) atoms. The number of urea groups is 1. The Kier molecular flexibility index (Phi) is 5.41. The second-order valence-corrected chi connectivity index (χ2v) is 5.95. The van der Waals surface area contributed by atoms with Gasteiger partial charge in [-0.15, -0.1) is 0 Å². The van der Waals surface area contributed by atoms with E-state index in [0.717, 1.165) is 11.3 Å². The van der Waals surface area contributed by atoms with Crippen LogP contribution in [0.4, 0.5) is 4.79 Å². The summed E-state index contributed by atoms with van der Waals surface area (Å²) in [6.07, 6.45) is 1.65. The fourth-order valence-corrected chi connectivity index (χ4v) is 2.73. The molecular formula is C15H21N3O2S. The van der Waals surface area contributed by atoms with Crippen LogP contribution >= 0.6 is 11.3 Å². The highest BCUT2D eigenvalue weighted by atomic mass is 32.1. The SMILES string of the molecule is CN(Cc1ccsc1)C(=O)NC[C@H](c1ccco1)N(C)C. The first-order valence-corrected chi connectivity index (χ1v) is 7.72. The largest absolute Gasteiger partial charge is 0.468 e. The minimum Gasteiger partial charge on any atom is -0.468 e. The highest BCUT2D eigenvalue weighted by molar-refractivity contribution is 7.07. The molecule has 2 aromatic rings. The second-order valence-electron chi connectivity index (χ2n) is 5.17. The summed E-state index contributed by atoms with van der Waals surface area (Å²) in [6, 6.07) is 5.75. The van der Waals surface area contributed by atoms with Crippen molar-refractivity contribution in [3.8, 4) is 0 Å². The fraction of sp³-hybridized carbons (Fsp3) is 0.400. The van der Waals surface area contributed by atoms with E-state index in [-0.39, 0.29) is 12.1 Å². The molecule has 114 valence electrons. The number of amides is 2. The van der Waals surface area contributed by atoms with Crippen molar-refractivity contribution < 1.29 is 9.21 Å². The maximum Gasteiger partial charge on any atom is 0.317 e. The topological polar surface area (TPSA) is 48.7 Å². The van der Waals surface area contributed by atoms with Crippen molar-refractivity contribution in [2.24, 2.45) is 0 Å². The van der Waals surface area contributed by atoms with E-state index < -0.39 is 0 Å². The van der Waals surface area contributed by atoms with Crippen molar-refractivity contribution in [2.45, 2.75) is 12.6 Å². The zero-order valence-corrected chi connectivity index (χ0v) is 13.4. The molecule has 2 rings (SSSR count). The van der Waals surface area contributed by atoms with Crippen molar-refractivity contribution in [3.63, 3.8) is 0 Å². The zero-order valence-electron chi connectivity index (χ0n) is 12.6. The van der Waals surface area contributed by atoms with E-state index in [1.807, 2.05) is 42.6 Å². The molecule has 1 N–H and O–H groups in total. The molecule has 0 radical (unpaired) electrons. The monoisotopic (exact) mass is 307 g/mol. The summed E-state index contributed by atoms with van der Waals surface area (Å²) in [7, 11) is 5.73.